The van der Waals surface area contributed by atoms with Gasteiger partial charge in [-0.05, 0) is 61.6 Å². The van der Waals surface area contributed by atoms with E-state index in [4.69, 9.17) is 4.74 Å². The summed E-state index contributed by atoms with van der Waals surface area (Å²) in [6.07, 6.45) is 10.7. The van der Waals surface area contributed by atoms with E-state index in [1.165, 1.54) is 22.7 Å². The summed E-state index contributed by atoms with van der Waals surface area (Å²) in [5.41, 5.74) is 9.33. The van der Waals surface area contributed by atoms with Crippen LogP contribution in [0.25, 0.3) is 16.9 Å². The van der Waals surface area contributed by atoms with Crippen molar-refractivity contribution >= 4 is 28.7 Å². The number of aromatic nitrogens is 6. The van der Waals surface area contributed by atoms with E-state index in [0.717, 1.165) is 31.2 Å². The Morgan fingerprint density at radius 2 is 1.91 bits per heavy atom. The van der Waals surface area contributed by atoms with Crippen molar-refractivity contribution in [2.45, 2.75) is 52.3 Å². The Bertz CT molecular complexity index is 1940. The molecule has 5 aromatic heterocycles. The first-order chi connectivity index (χ1) is 21.0. The van der Waals surface area contributed by atoms with Crippen LogP contribution in [0.1, 0.15) is 52.8 Å². The average Bonchev–Trinajstić information content (AvgIpc) is 3.62. The Morgan fingerprint density at radius 3 is 2.79 bits per heavy atom. The highest BCUT2D eigenvalue weighted by molar-refractivity contribution is 6.07. The second-order valence-electron chi connectivity index (χ2n) is 10.7. The molecule has 218 valence electrons. The molecule has 12 nitrogen and oxygen atoms in total. The third-order valence-electron chi connectivity index (χ3n) is 8.13. The van der Waals surface area contributed by atoms with Crippen molar-refractivity contribution in [2.75, 3.05) is 16.9 Å². The molecular formula is C31H30N8O4. The molecule has 7 rings (SSSR count). The molecule has 0 atom stereocenters. The van der Waals surface area contributed by atoms with Crippen LogP contribution < -0.4 is 15.9 Å². The topological polar surface area (TPSA) is 129 Å². The van der Waals surface area contributed by atoms with Gasteiger partial charge >= 0.3 is 5.97 Å². The molecule has 0 bridgehead atoms. The number of esters is 1. The van der Waals surface area contributed by atoms with Crippen LogP contribution >= 0.6 is 0 Å². The van der Waals surface area contributed by atoms with Gasteiger partial charge in [0, 0.05) is 49.9 Å². The molecule has 0 unspecified atom stereocenters. The minimum absolute atomic E-state index is 0.127. The lowest BCUT2D eigenvalue weighted by molar-refractivity contribution is -0.142. The average molecular weight is 579 g/mol. The summed E-state index contributed by atoms with van der Waals surface area (Å²) in [5.74, 6) is -0.623. The van der Waals surface area contributed by atoms with Crippen molar-refractivity contribution in [3.8, 4) is 5.69 Å². The van der Waals surface area contributed by atoms with Crippen LogP contribution in [-0.2, 0) is 42.1 Å². The van der Waals surface area contributed by atoms with Gasteiger partial charge in [0.2, 0.25) is 0 Å². The molecule has 0 radical (unpaired) electrons. The number of carbonyl (C=O) groups excluding carboxylic acids is 2. The van der Waals surface area contributed by atoms with Crippen molar-refractivity contribution in [3.05, 3.63) is 99.9 Å². The Balaban J connectivity index is 1.27. The number of imidazole rings is 1. The summed E-state index contributed by atoms with van der Waals surface area (Å²) in [6, 6.07) is 11.0. The van der Waals surface area contributed by atoms with Crippen LogP contribution in [0.4, 0.5) is 5.69 Å². The Kier molecular flexibility index (Phi) is 6.72. The highest BCUT2D eigenvalue weighted by atomic mass is 16.5. The van der Waals surface area contributed by atoms with Gasteiger partial charge in [0.25, 0.3) is 11.5 Å². The van der Waals surface area contributed by atoms with Gasteiger partial charge in [-0.2, -0.15) is 0 Å². The van der Waals surface area contributed by atoms with Gasteiger partial charge in [-0.3, -0.25) is 23.9 Å². The molecule has 5 aromatic rings. The number of hydrogen-bond acceptors (Lipinski definition) is 8. The summed E-state index contributed by atoms with van der Waals surface area (Å²) >= 11 is 0. The van der Waals surface area contributed by atoms with Crippen molar-refractivity contribution < 1.29 is 14.3 Å². The highest BCUT2D eigenvalue weighted by Gasteiger charge is 2.33. The first-order valence-corrected chi connectivity index (χ1v) is 14.4. The first kappa shape index (κ1) is 26.6. The summed E-state index contributed by atoms with van der Waals surface area (Å²) < 4.78 is 10.7. The number of ether oxygens (including phenoxy) is 1. The number of rotatable bonds is 7. The number of amides is 1. The van der Waals surface area contributed by atoms with E-state index in [-0.39, 0.29) is 24.6 Å². The molecule has 1 aliphatic carbocycles. The molecule has 1 amide bonds. The fourth-order valence-electron chi connectivity index (χ4n) is 6.11. The van der Waals surface area contributed by atoms with E-state index in [9.17, 15) is 14.4 Å². The number of carbonyl (C=O) groups is 2. The summed E-state index contributed by atoms with van der Waals surface area (Å²) in [6.45, 7) is 2.45. The first-order valence-electron chi connectivity index (χ1n) is 14.4. The predicted octanol–water partition coefficient (Wildman–Crippen LogP) is 3.12. The molecule has 43 heavy (non-hydrogen) atoms. The van der Waals surface area contributed by atoms with E-state index in [2.05, 4.69) is 24.9 Å². The van der Waals surface area contributed by atoms with E-state index < -0.39 is 5.97 Å². The molecule has 1 N–H and O–H groups in total. The standard InChI is InChI=1S/C31H30N8O4/c1-20(40)43-18-23-28(38-15-14-36-24-8-3-2-6-21(24)16-27(36)31(38)42)25(10-12-32-23)37-13-5-7-22(30(37)41)17-35-39-19-34-29-26(39)9-4-11-33-29/h4-5,7,9-13,16,19,35H,2-3,6,8,14-15,17-18H2,1H3. The van der Waals surface area contributed by atoms with E-state index in [0.29, 0.717) is 47.1 Å². The lowest BCUT2D eigenvalue weighted by Crippen LogP contribution is -2.42. The molecule has 1 aliphatic heterocycles. The quantitative estimate of drug-likeness (QED) is 0.292. The minimum Gasteiger partial charge on any atom is -0.459 e. The molecular weight excluding hydrogens is 548 g/mol. The van der Waals surface area contributed by atoms with Gasteiger partial charge in [-0.15, -0.1) is 0 Å². The number of nitrogens with one attached hydrogen (secondary N) is 1. The zero-order chi connectivity index (χ0) is 29.5. The largest absolute Gasteiger partial charge is 0.459 e. The smallest absolute Gasteiger partial charge is 0.303 e. The number of anilines is 1. The molecule has 0 aromatic carbocycles. The maximum atomic E-state index is 14.1. The maximum Gasteiger partial charge on any atom is 0.303 e. The molecule has 0 fully saturated rings. The second kappa shape index (κ2) is 10.9. The summed E-state index contributed by atoms with van der Waals surface area (Å²) in [5, 5.41) is 0. The summed E-state index contributed by atoms with van der Waals surface area (Å²) in [7, 11) is 0. The molecule has 12 heteroatoms. The van der Waals surface area contributed by atoms with Crippen molar-refractivity contribution in [1.29, 1.82) is 0 Å². The third-order valence-corrected chi connectivity index (χ3v) is 8.13. The van der Waals surface area contributed by atoms with Crippen LogP contribution in [-0.4, -0.2) is 47.2 Å². The lowest BCUT2D eigenvalue weighted by Gasteiger charge is -2.32. The summed E-state index contributed by atoms with van der Waals surface area (Å²) in [4.78, 5) is 54.4. The lowest BCUT2D eigenvalue weighted by atomic mass is 9.98. The number of pyridine rings is 3. The molecule has 0 spiro atoms. The molecule has 2 aliphatic rings. The second-order valence-corrected chi connectivity index (χ2v) is 10.7. The van der Waals surface area contributed by atoms with Gasteiger partial charge in [0.15, 0.2) is 5.65 Å². The Morgan fingerprint density at radius 1 is 1.02 bits per heavy atom. The van der Waals surface area contributed by atoms with Gasteiger partial charge in [-0.1, -0.05) is 6.07 Å². The van der Waals surface area contributed by atoms with E-state index in [1.54, 1.807) is 52.7 Å². The monoisotopic (exact) mass is 578 g/mol. The van der Waals surface area contributed by atoms with Gasteiger partial charge < -0.3 is 19.6 Å². The molecule has 0 saturated heterocycles. The van der Waals surface area contributed by atoms with E-state index in [1.807, 2.05) is 18.2 Å². The van der Waals surface area contributed by atoms with E-state index >= 15 is 0 Å². The highest BCUT2D eigenvalue weighted by Crippen LogP contribution is 2.34. The fraction of sp³-hybridized carbons (Fsp3) is 0.290. The number of hydrogen-bond donors (Lipinski definition) is 1. The van der Waals surface area contributed by atoms with Crippen LogP contribution in [0.3, 0.4) is 0 Å². The van der Waals surface area contributed by atoms with Crippen LogP contribution in [0, 0.1) is 0 Å². The van der Waals surface area contributed by atoms with Crippen molar-refractivity contribution in [2.24, 2.45) is 0 Å². The normalized spacial score (nSPS) is 14.4. The van der Waals surface area contributed by atoms with Crippen molar-refractivity contribution in [1.82, 2.24) is 28.8 Å². The van der Waals surface area contributed by atoms with Gasteiger partial charge in [0.05, 0.1) is 17.9 Å². The van der Waals surface area contributed by atoms with Gasteiger partial charge in [-0.25, -0.2) is 14.6 Å². The Hall–Kier alpha value is -5.26. The SMILES string of the molecule is CC(=O)OCc1nccc(-n2cccc(CNn3cnc4ncccc43)c2=O)c1N1CCn2c(cc3c2CCCC3)C1=O. The minimum atomic E-state index is -0.461. The third kappa shape index (κ3) is 4.74. The molecule has 6 heterocycles. The van der Waals surface area contributed by atoms with Gasteiger partial charge in [0.1, 0.15) is 29.8 Å². The zero-order valence-corrected chi connectivity index (χ0v) is 23.7. The van der Waals surface area contributed by atoms with Crippen LogP contribution in [0.2, 0.25) is 0 Å². The number of nitrogens with zero attached hydrogens (tertiary/aromatic N) is 7. The number of aryl methyl sites for hydroxylation is 1. The van der Waals surface area contributed by atoms with Crippen molar-refractivity contribution in [3.63, 3.8) is 0 Å². The fourth-order valence-corrected chi connectivity index (χ4v) is 6.11. The Labute approximate surface area is 246 Å². The number of fused-ring (bicyclic) bond motifs is 4. The predicted molar refractivity (Wildman–Crippen MR) is 159 cm³/mol. The maximum absolute atomic E-state index is 14.1. The van der Waals surface area contributed by atoms with Crippen LogP contribution in [0.15, 0.2) is 66.1 Å². The zero-order valence-electron chi connectivity index (χ0n) is 23.7. The molecule has 0 saturated carbocycles. The van der Waals surface area contributed by atoms with Crippen LogP contribution in [0.5, 0.6) is 0 Å².